The van der Waals surface area contributed by atoms with E-state index in [0.717, 1.165) is 28.8 Å². The van der Waals surface area contributed by atoms with Gasteiger partial charge in [-0.25, -0.2) is 0 Å². The van der Waals surface area contributed by atoms with Crippen LogP contribution < -0.4 is 5.73 Å². The van der Waals surface area contributed by atoms with Gasteiger partial charge in [0.15, 0.2) is 0 Å². The summed E-state index contributed by atoms with van der Waals surface area (Å²) >= 11 is 6.21. The van der Waals surface area contributed by atoms with Crippen LogP contribution in [0.2, 0.25) is 5.02 Å². The number of pyridine rings is 1. The van der Waals surface area contributed by atoms with Gasteiger partial charge in [-0.05, 0) is 55.2 Å². The number of aryl methyl sites for hydroxylation is 3. The van der Waals surface area contributed by atoms with Crippen LogP contribution in [0.4, 0.5) is 5.69 Å². The van der Waals surface area contributed by atoms with E-state index in [4.69, 9.17) is 17.3 Å². The summed E-state index contributed by atoms with van der Waals surface area (Å²) in [6.07, 6.45) is 2.70. The third kappa shape index (κ3) is 2.21. The highest BCUT2D eigenvalue weighted by Crippen LogP contribution is 2.33. The Kier molecular flexibility index (Phi) is 3.58. The minimum Gasteiger partial charge on any atom is -0.397 e. The molecule has 94 valence electrons. The molecule has 0 saturated heterocycles. The van der Waals surface area contributed by atoms with Crippen LogP contribution in [0.5, 0.6) is 0 Å². The van der Waals surface area contributed by atoms with E-state index < -0.39 is 0 Å². The van der Waals surface area contributed by atoms with Crippen LogP contribution in [0.25, 0.3) is 11.1 Å². The number of nitrogens with two attached hydrogens (primary N) is 1. The lowest BCUT2D eigenvalue weighted by Crippen LogP contribution is -1.97. The zero-order valence-corrected chi connectivity index (χ0v) is 11.7. The fourth-order valence-electron chi connectivity index (χ4n) is 2.24. The molecule has 2 nitrogen and oxygen atoms in total. The van der Waals surface area contributed by atoms with Crippen LogP contribution in [0, 0.1) is 13.8 Å². The second-order valence-corrected chi connectivity index (χ2v) is 4.88. The van der Waals surface area contributed by atoms with Crippen molar-refractivity contribution in [2.24, 2.45) is 0 Å². The van der Waals surface area contributed by atoms with E-state index in [-0.39, 0.29) is 0 Å². The lowest BCUT2D eigenvalue weighted by Gasteiger charge is -2.13. The topological polar surface area (TPSA) is 38.9 Å². The summed E-state index contributed by atoms with van der Waals surface area (Å²) < 4.78 is 0. The lowest BCUT2D eigenvalue weighted by molar-refractivity contribution is 1.14. The van der Waals surface area contributed by atoms with Crippen molar-refractivity contribution in [1.29, 1.82) is 0 Å². The quantitative estimate of drug-likeness (QED) is 0.824. The van der Waals surface area contributed by atoms with Crippen LogP contribution in [0.1, 0.15) is 23.7 Å². The minimum absolute atomic E-state index is 0.618. The van der Waals surface area contributed by atoms with E-state index in [9.17, 15) is 0 Å². The van der Waals surface area contributed by atoms with Crippen LogP contribution in [-0.2, 0) is 6.42 Å². The first-order valence-electron chi connectivity index (χ1n) is 6.05. The van der Waals surface area contributed by atoms with Gasteiger partial charge < -0.3 is 5.73 Å². The van der Waals surface area contributed by atoms with E-state index in [1.807, 2.05) is 25.3 Å². The van der Waals surface area contributed by atoms with Crippen LogP contribution in [-0.4, -0.2) is 4.98 Å². The third-order valence-corrected chi connectivity index (χ3v) is 3.55. The number of hydrogen-bond donors (Lipinski definition) is 1. The predicted molar refractivity (Wildman–Crippen MR) is 77.9 cm³/mol. The van der Waals surface area contributed by atoms with Gasteiger partial charge in [-0.3, -0.25) is 4.98 Å². The predicted octanol–water partition coefficient (Wildman–Crippen LogP) is 4.16. The van der Waals surface area contributed by atoms with Crippen molar-refractivity contribution in [2.45, 2.75) is 27.2 Å². The Hall–Kier alpha value is -1.54. The Balaban J connectivity index is 2.68. The maximum atomic E-state index is 6.21. The number of rotatable bonds is 2. The highest BCUT2D eigenvalue weighted by atomic mass is 35.5. The van der Waals surface area contributed by atoms with E-state index in [1.54, 1.807) is 0 Å². The third-order valence-electron chi connectivity index (χ3n) is 3.23. The van der Waals surface area contributed by atoms with E-state index in [0.29, 0.717) is 10.7 Å². The van der Waals surface area contributed by atoms with Crippen LogP contribution in [0.15, 0.2) is 24.4 Å². The molecule has 0 bridgehead atoms. The largest absolute Gasteiger partial charge is 0.397 e. The van der Waals surface area contributed by atoms with E-state index in [1.165, 1.54) is 5.56 Å². The number of nitrogen functional groups attached to an aromatic ring is 1. The molecule has 0 unspecified atom stereocenters. The summed E-state index contributed by atoms with van der Waals surface area (Å²) in [6, 6.07) is 6.05. The first-order chi connectivity index (χ1) is 8.54. The Bertz CT molecular complexity index is 571. The van der Waals surface area contributed by atoms with Crippen molar-refractivity contribution in [3.8, 4) is 11.1 Å². The molecule has 3 heteroatoms. The normalized spacial score (nSPS) is 10.7. The highest BCUT2D eigenvalue weighted by Gasteiger charge is 2.11. The average Bonchev–Trinajstić information content (AvgIpc) is 2.33. The molecule has 0 atom stereocenters. The summed E-state index contributed by atoms with van der Waals surface area (Å²) in [4.78, 5) is 4.35. The van der Waals surface area contributed by atoms with Gasteiger partial charge in [0.25, 0.3) is 0 Å². The zero-order valence-electron chi connectivity index (χ0n) is 10.9. The smallest absolute Gasteiger partial charge is 0.0644 e. The number of anilines is 1. The van der Waals surface area contributed by atoms with Gasteiger partial charge in [0.05, 0.1) is 10.7 Å². The minimum atomic E-state index is 0.618. The Morgan fingerprint density at radius 1 is 1.28 bits per heavy atom. The van der Waals surface area contributed by atoms with Crippen molar-refractivity contribution in [3.63, 3.8) is 0 Å². The second-order valence-electron chi connectivity index (χ2n) is 4.47. The van der Waals surface area contributed by atoms with E-state index >= 15 is 0 Å². The Labute approximate surface area is 113 Å². The highest BCUT2D eigenvalue weighted by molar-refractivity contribution is 6.33. The molecule has 2 rings (SSSR count). The molecule has 1 aromatic carbocycles. The van der Waals surface area contributed by atoms with Crippen LogP contribution >= 0.6 is 11.6 Å². The summed E-state index contributed by atoms with van der Waals surface area (Å²) in [5.41, 5.74) is 12.2. The summed E-state index contributed by atoms with van der Waals surface area (Å²) in [7, 11) is 0. The summed E-state index contributed by atoms with van der Waals surface area (Å²) in [5.74, 6) is 0. The number of benzene rings is 1. The standard InChI is InChI=1S/C15H17ClN2/c1-4-11-7-12(8-13(16)15(11)17)14-9(2)5-6-18-10(14)3/h5-8H,4,17H2,1-3H3. The molecule has 0 aliphatic heterocycles. The average molecular weight is 261 g/mol. The second kappa shape index (κ2) is 4.99. The molecule has 0 spiro atoms. The monoisotopic (exact) mass is 260 g/mol. The van der Waals surface area contributed by atoms with Gasteiger partial charge in [-0.2, -0.15) is 0 Å². The molecular formula is C15H17ClN2. The molecule has 0 aliphatic carbocycles. The molecular weight excluding hydrogens is 244 g/mol. The van der Waals surface area contributed by atoms with Gasteiger partial charge in [0, 0.05) is 17.5 Å². The number of halogens is 1. The Morgan fingerprint density at radius 2 is 2.00 bits per heavy atom. The molecule has 1 heterocycles. The lowest BCUT2D eigenvalue weighted by atomic mass is 9.96. The molecule has 1 aromatic heterocycles. The maximum Gasteiger partial charge on any atom is 0.0644 e. The fraction of sp³-hybridized carbons (Fsp3) is 0.267. The van der Waals surface area contributed by atoms with Crippen molar-refractivity contribution < 1.29 is 0 Å². The molecule has 0 fully saturated rings. The first-order valence-corrected chi connectivity index (χ1v) is 6.42. The molecule has 0 aliphatic rings. The molecule has 0 saturated carbocycles. The van der Waals surface area contributed by atoms with Gasteiger partial charge in [0.2, 0.25) is 0 Å². The van der Waals surface area contributed by atoms with E-state index in [2.05, 4.69) is 24.9 Å². The molecule has 0 amide bonds. The molecule has 0 radical (unpaired) electrons. The number of hydrogen-bond acceptors (Lipinski definition) is 2. The fourth-order valence-corrected chi connectivity index (χ4v) is 2.48. The first kappa shape index (κ1) is 12.9. The summed E-state index contributed by atoms with van der Waals surface area (Å²) in [5, 5.41) is 0.618. The van der Waals surface area contributed by atoms with Gasteiger partial charge in [-0.15, -0.1) is 0 Å². The maximum absolute atomic E-state index is 6.21. The van der Waals surface area contributed by atoms with Crippen molar-refractivity contribution in [2.75, 3.05) is 5.73 Å². The van der Waals surface area contributed by atoms with Crippen molar-refractivity contribution in [3.05, 3.63) is 46.2 Å². The van der Waals surface area contributed by atoms with Gasteiger partial charge in [-0.1, -0.05) is 18.5 Å². The summed E-state index contributed by atoms with van der Waals surface area (Å²) in [6.45, 7) is 6.17. The Morgan fingerprint density at radius 3 is 2.61 bits per heavy atom. The van der Waals surface area contributed by atoms with Gasteiger partial charge in [0.1, 0.15) is 0 Å². The van der Waals surface area contributed by atoms with Crippen molar-refractivity contribution >= 4 is 17.3 Å². The number of aromatic nitrogens is 1. The van der Waals surface area contributed by atoms with Gasteiger partial charge >= 0.3 is 0 Å². The van der Waals surface area contributed by atoms with Crippen LogP contribution in [0.3, 0.4) is 0 Å². The van der Waals surface area contributed by atoms with Crippen molar-refractivity contribution in [1.82, 2.24) is 4.98 Å². The zero-order chi connectivity index (χ0) is 13.3. The SMILES string of the molecule is CCc1cc(-c2c(C)ccnc2C)cc(Cl)c1N. The molecule has 18 heavy (non-hydrogen) atoms. The number of nitrogens with zero attached hydrogens (tertiary/aromatic N) is 1. The molecule has 2 N–H and O–H groups in total. The molecule has 2 aromatic rings.